The van der Waals surface area contributed by atoms with Crippen LogP contribution in [0.15, 0.2) is 24.3 Å². The summed E-state index contributed by atoms with van der Waals surface area (Å²) >= 11 is 0. The molecule has 22 heavy (non-hydrogen) atoms. The quantitative estimate of drug-likeness (QED) is 0.767. The van der Waals surface area contributed by atoms with Crippen LogP contribution in [0.5, 0.6) is 5.75 Å². The molecule has 0 aliphatic heterocycles. The lowest BCUT2D eigenvalue weighted by molar-refractivity contribution is 0.284. The van der Waals surface area contributed by atoms with Gasteiger partial charge in [-0.3, -0.25) is 0 Å². The van der Waals surface area contributed by atoms with E-state index in [1.54, 1.807) is 25.1 Å². The lowest BCUT2D eigenvalue weighted by Gasteiger charge is -2.13. The number of ether oxygens (including phenoxy) is 1. The molecular formula is C18H15BF2O. The van der Waals surface area contributed by atoms with Gasteiger partial charge in [-0.1, -0.05) is 18.2 Å². The maximum atomic E-state index is 14.8. The summed E-state index contributed by atoms with van der Waals surface area (Å²) in [6, 6.07) is 6.91. The van der Waals surface area contributed by atoms with Gasteiger partial charge in [0.15, 0.2) is 11.6 Å². The van der Waals surface area contributed by atoms with Crippen molar-refractivity contribution in [2.24, 2.45) is 5.92 Å². The van der Waals surface area contributed by atoms with E-state index < -0.39 is 11.6 Å². The first-order chi connectivity index (χ1) is 10.6. The van der Waals surface area contributed by atoms with Crippen molar-refractivity contribution in [1.82, 2.24) is 0 Å². The van der Waals surface area contributed by atoms with Crippen LogP contribution >= 0.6 is 0 Å². The van der Waals surface area contributed by atoms with E-state index >= 15 is 0 Å². The van der Waals surface area contributed by atoms with Crippen molar-refractivity contribution in [2.45, 2.75) is 25.6 Å². The SMILES string of the molecule is [B]C1c2c(ccc(C)c2F)-c2ccc(OCC3CC3)c(F)c21. The van der Waals surface area contributed by atoms with Crippen LogP contribution in [0.3, 0.4) is 0 Å². The molecule has 1 nitrogen and oxygen atoms in total. The second-order valence-electron chi connectivity index (χ2n) is 6.23. The van der Waals surface area contributed by atoms with Crippen molar-refractivity contribution in [1.29, 1.82) is 0 Å². The molecule has 1 unspecified atom stereocenters. The van der Waals surface area contributed by atoms with E-state index in [0.29, 0.717) is 40.3 Å². The van der Waals surface area contributed by atoms with E-state index in [2.05, 4.69) is 0 Å². The third kappa shape index (κ3) is 1.97. The summed E-state index contributed by atoms with van der Waals surface area (Å²) in [7, 11) is 6.13. The molecule has 2 aromatic rings. The maximum absolute atomic E-state index is 14.8. The summed E-state index contributed by atoms with van der Waals surface area (Å²) in [5.74, 6) is -0.834. The van der Waals surface area contributed by atoms with Gasteiger partial charge in [-0.25, -0.2) is 8.78 Å². The molecular weight excluding hydrogens is 281 g/mol. The van der Waals surface area contributed by atoms with Crippen LogP contribution in [0, 0.1) is 24.5 Å². The van der Waals surface area contributed by atoms with Gasteiger partial charge in [0, 0.05) is 0 Å². The van der Waals surface area contributed by atoms with Gasteiger partial charge >= 0.3 is 0 Å². The monoisotopic (exact) mass is 296 g/mol. The Morgan fingerprint density at radius 2 is 1.68 bits per heavy atom. The molecule has 4 heteroatoms. The van der Waals surface area contributed by atoms with Crippen LogP contribution in [0.25, 0.3) is 11.1 Å². The van der Waals surface area contributed by atoms with Crippen molar-refractivity contribution >= 4 is 7.85 Å². The zero-order chi connectivity index (χ0) is 15.4. The van der Waals surface area contributed by atoms with Gasteiger partial charge in [0.25, 0.3) is 0 Å². The van der Waals surface area contributed by atoms with Crippen LogP contribution in [-0.2, 0) is 0 Å². The number of rotatable bonds is 3. The number of fused-ring (bicyclic) bond motifs is 3. The molecule has 0 bridgehead atoms. The summed E-state index contributed by atoms with van der Waals surface area (Å²) in [5, 5.41) is 0. The highest BCUT2D eigenvalue weighted by Crippen LogP contribution is 2.48. The third-order valence-corrected chi connectivity index (χ3v) is 4.60. The fourth-order valence-corrected chi connectivity index (χ4v) is 3.10. The average molecular weight is 296 g/mol. The Labute approximate surface area is 129 Å². The molecule has 0 heterocycles. The van der Waals surface area contributed by atoms with E-state index in [9.17, 15) is 8.78 Å². The van der Waals surface area contributed by atoms with Crippen molar-refractivity contribution in [3.8, 4) is 16.9 Å². The van der Waals surface area contributed by atoms with E-state index in [-0.39, 0.29) is 11.6 Å². The van der Waals surface area contributed by atoms with E-state index in [1.807, 2.05) is 6.07 Å². The fourth-order valence-electron chi connectivity index (χ4n) is 3.10. The molecule has 110 valence electrons. The molecule has 0 aromatic heterocycles. The van der Waals surface area contributed by atoms with Gasteiger partial charge in [0.05, 0.1) is 14.5 Å². The first-order valence-electron chi connectivity index (χ1n) is 7.58. The molecule has 0 N–H and O–H groups in total. The first-order valence-corrected chi connectivity index (χ1v) is 7.58. The van der Waals surface area contributed by atoms with Gasteiger partial charge in [-0.05, 0) is 65.4 Å². The molecule has 2 radical (unpaired) electrons. The Morgan fingerprint density at radius 3 is 2.36 bits per heavy atom. The van der Waals surface area contributed by atoms with Crippen LogP contribution in [0.1, 0.15) is 35.3 Å². The Balaban J connectivity index is 1.79. The Morgan fingerprint density at radius 1 is 1.05 bits per heavy atom. The minimum absolute atomic E-state index is 0.214. The highest BCUT2D eigenvalue weighted by atomic mass is 19.1. The molecule has 4 rings (SSSR count). The Kier molecular flexibility index (Phi) is 3.03. The summed E-state index contributed by atoms with van der Waals surface area (Å²) in [6.45, 7) is 2.22. The highest BCUT2D eigenvalue weighted by Gasteiger charge is 2.33. The molecule has 0 spiro atoms. The smallest absolute Gasteiger partial charge is 0.168 e. The topological polar surface area (TPSA) is 9.23 Å². The number of hydrogen-bond donors (Lipinski definition) is 0. The molecule has 2 aliphatic rings. The van der Waals surface area contributed by atoms with E-state index in [0.717, 1.165) is 12.8 Å². The normalized spacial score (nSPS) is 19.0. The van der Waals surface area contributed by atoms with Crippen LogP contribution in [0.2, 0.25) is 0 Å². The summed E-state index contributed by atoms with van der Waals surface area (Å²) in [5.41, 5.74) is 2.59. The van der Waals surface area contributed by atoms with Gasteiger partial charge in [-0.2, -0.15) is 0 Å². The lowest BCUT2D eigenvalue weighted by Crippen LogP contribution is -2.05. The minimum Gasteiger partial charge on any atom is -0.490 e. The molecule has 0 saturated heterocycles. The van der Waals surface area contributed by atoms with Crippen molar-refractivity contribution in [2.75, 3.05) is 6.61 Å². The average Bonchev–Trinajstić information content (AvgIpc) is 3.27. The zero-order valence-corrected chi connectivity index (χ0v) is 12.3. The second-order valence-corrected chi connectivity index (χ2v) is 6.23. The Bertz CT molecular complexity index is 768. The van der Waals surface area contributed by atoms with E-state index in [4.69, 9.17) is 12.6 Å². The molecule has 1 fully saturated rings. The second kappa shape index (κ2) is 4.84. The van der Waals surface area contributed by atoms with Crippen LogP contribution < -0.4 is 4.74 Å². The summed E-state index contributed by atoms with van der Waals surface area (Å²) in [6.07, 6.45) is 2.28. The van der Waals surface area contributed by atoms with E-state index in [1.165, 1.54) is 0 Å². The number of hydrogen-bond acceptors (Lipinski definition) is 1. The van der Waals surface area contributed by atoms with Crippen molar-refractivity contribution in [3.63, 3.8) is 0 Å². The number of benzene rings is 2. The molecule has 1 atom stereocenters. The molecule has 1 saturated carbocycles. The predicted molar refractivity (Wildman–Crippen MR) is 82.3 cm³/mol. The van der Waals surface area contributed by atoms with Gasteiger partial charge < -0.3 is 4.74 Å². The van der Waals surface area contributed by atoms with Crippen LogP contribution in [0.4, 0.5) is 8.78 Å². The number of halogens is 2. The minimum atomic E-state index is -0.783. The largest absolute Gasteiger partial charge is 0.490 e. The number of aryl methyl sites for hydroxylation is 1. The summed E-state index contributed by atoms with van der Waals surface area (Å²) in [4.78, 5) is 0. The van der Waals surface area contributed by atoms with Gasteiger partial charge in [0.2, 0.25) is 0 Å². The standard InChI is InChI=1S/C18H15BF2O/c1-9-2-5-11-12-6-7-13(22-8-10-3-4-10)18(21)15(12)16(19)14(11)17(9)20/h2,5-7,10,16H,3-4,8H2,1H3. The molecule has 2 aromatic carbocycles. The first kappa shape index (κ1) is 13.8. The third-order valence-electron chi connectivity index (χ3n) is 4.60. The molecule has 0 amide bonds. The fraction of sp³-hybridized carbons (Fsp3) is 0.333. The van der Waals surface area contributed by atoms with Crippen molar-refractivity contribution < 1.29 is 13.5 Å². The lowest BCUT2D eigenvalue weighted by atomic mass is 9.78. The maximum Gasteiger partial charge on any atom is 0.168 e. The zero-order valence-electron chi connectivity index (χ0n) is 12.3. The van der Waals surface area contributed by atoms with Gasteiger partial charge in [-0.15, -0.1) is 0 Å². The highest BCUT2D eigenvalue weighted by molar-refractivity contribution is 6.17. The van der Waals surface area contributed by atoms with Crippen molar-refractivity contribution in [3.05, 3.63) is 52.6 Å². The van der Waals surface area contributed by atoms with Crippen LogP contribution in [-0.4, -0.2) is 14.5 Å². The molecule has 2 aliphatic carbocycles. The summed E-state index contributed by atoms with van der Waals surface area (Å²) < 4.78 is 34.7. The van der Waals surface area contributed by atoms with Gasteiger partial charge in [0.1, 0.15) is 5.82 Å². The Hall–Kier alpha value is -1.84. The predicted octanol–water partition coefficient (Wildman–Crippen LogP) is 4.30.